The fourth-order valence-corrected chi connectivity index (χ4v) is 2.39. The fourth-order valence-electron chi connectivity index (χ4n) is 2.04. The molecule has 0 atom stereocenters. The lowest BCUT2D eigenvalue weighted by Crippen LogP contribution is -2.21. The quantitative estimate of drug-likeness (QED) is 0.732. The summed E-state index contributed by atoms with van der Waals surface area (Å²) in [6.07, 6.45) is 0.697. The van der Waals surface area contributed by atoms with Crippen molar-refractivity contribution in [3.63, 3.8) is 0 Å². The van der Waals surface area contributed by atoms with E-state index in [1.54, 1.807) is 25.3 Å². The van der Waals surface area contributed by atoms with Crippen LogP contribution in [0.2, 0.25) is 10.0 Å². The van der Waals surface area contributed by atoms with Crippen LogP contribution in [-0.4, -0.2) is 25.6 Å². The molecule has 0 radical (unpaired) electrons. The highest BCUT2D eigenvalue weighted by Crippen LogP contribution is 2.29. The van der Waals surface area contributed by atoms with Crippen molar-refractivity contribution in [1.29, 1.82) is 0 Å². The van der Waals surface area contributed by atoms with Crippen molar-refractivity contribution in [3.8, 4) is 5.75 Å². The van der Waals surface area contributed by atoms with E-state index in [4.69, 9.17) is 32.7 Å². The maximum absolute atomic E-state index is 11.8. The maximum atomic E-state index is 11.8. The lowest BCUT2D eigenvalue weighted by Gasteiger charge is -2.09. The zero-order valence-electron chi connectivity index (χ0n) is 13.6. The summed E-state index contributed by atoms with van der Waals surface area (Å²) in [5.74, 6) is -0.187. The third-order valence-electron chi connectivity index (χ3n) is 3.37. The molecule has 132 valence electrons. The van der Waals surface area contributed by atoms with E-state index >= 15 is 0 Å². The van der Waals surface area contributed by atoms with Gasteiger partial charge in [0.15, 0.2) is 6.61 Å². The molecule has 1 N–H and O–H groups in total. The monoisotopic (exact) mass is 381 g/mol. The molecule has 0 saturated carbocycles. The summed E-state index contributed by atoms with van der Waals surface area (Å²) < 4.78 is 10.0. The second kappa shape index (κ2) is 9.30. The molecule has 7 heteroatoms. The van der Waals surface area contributed by atoms with Gasteiger partial charge in [0.1, 0.15) is 5.75 Å². The number of ether oxygens (including phenoxy) is 2. The van der Waals surface area contributed by atoms with E-state index in [1.165, 1.54) is 0 Å². The molecule has 0 fully saturated rings. The van der Waals surface area contributed by atoms with Gasteiger partial charge in [-0.1, -0.05) is 41.4 Å². The summed E-state index contributed by atoms with van der Waals surface area (Å²) in [5, 5.41) is 3.12. The van der Waals surface area contributed by atoms with E-state index in [9.17, 15) is 9.59 Å². The van der Waals surface area contributed by atoms with Crippen molar-refractivity contribution in [3.05, 3.63) is 58.1 Å². The third kappa shape index (κ3) is 5.96. The van der Waals surface area contributed by atoms with Crippen LogP contribution in [-0.2, 0) is 20.7 Å². The minimum absolute atomic E-state index is 0.178. The molecule has 0 heterocycles. The Hall–Kier alpha value is -2.24. The second-order valence-electron chi connectivity index (χ2n) is 5.16. The number of carbonyl (C=O) groups is 2. The first-order chi connectivity index (χ1) is 12.0. The normalized spacial score (nSPS) is 10.2. The minimum atomic E-state index is -0.484. The predicted molar refractivity (Wildman–Crippen MR) is 97.4 cm³/mol. The van der Waals surface area contributed by atoms with Crippen LogP contribution >= 0.6 is 23.2 Å². The Morgan fingerprint density at radius 3 is 2.48 bits per heavy atom. The van der Waals surface area contributed by atoms with Crippen LogP contribution in [0.1, 0.15) is 12.0 Å². The molecule has 2 rings (SSSR count). The molecule has 0 aliphatic heterocycles. The van der Waals surface area contributed by atoms with Gasteiger partial charge in [-0.25, -0.2) is 0 Å². The van der Waals surface area contributed by atoms with Gasteiger partial charge >= 0.3 is 5.97 Å². The molecule has 1 amide bonds. The molecular formula is C18H17Cl2NO4. The summed E-state index contributed by atoms with van der Waals surface area (Å²) in [6, 6.07) is 12.3. The summed E-state index contributed by atoms with van der Waals surface area (Å²) in [7, 11) is 1.59. The molecule has 0 aliphatic carbocycles. The van der Waals surface area contributed by atoms with E-state index < -0.39 is 11.9 Å². The van der Waals surface area contributed by atoms with Crippen LogP contribution in [0.5, 0.6) is 5.75 Å². The number of amides is 1. The van der Waals surface area contributed by atoms with Gasteiger partial charge in [-0.2, -0.15) is 0 Å². The highest BCUT2D eigenvalue weighted by molar-refractivity contribution is 6.44. The van der Waals surface area contributed by atoms with Crippen LogP contribution in [0.3, 0.4) is 0 Å². The fraction of sp³-hybridized carbons (Fsp3) is 0.222. The Bertz CT molecular complexity index is 747. The molecular weight excluding hydrogens is 365 g/mol. The number of aryl methyl sites for hydroxylation is 1. The number of methoxy groups -OCH3 is 1. The standard InChI is InChI=1S/C18H17Cl2NO4/c1-24-13-8-5-12(6-9-13)7-10-17(23)25-11-16(22)21-15-4-2-3-14(19)18(15)20/h2-6,8-9H,7,10-11H2,1H3,(H,21,22). The van der Waals surface area contributed by atoms with E-state index in [2.05, 4.69) is 5.32 Å². The average Bonchev–Trinajstić information content (AvgIpc) is 2.62. The van der Waals surface area contributed by atoms with Crippen molar-refractivity contribution in [2.24, 2.45) is 0 Å². The minimum Gasteiger partial charge on any atom is -0.497 e. The Labute approximate surface area is 155 Å². The number of rotatable bonds is 7. The smallest absolute Gasteiger partial charge is 0.306 e. The number of hydrogen-bond donors (Lipinski definition) is 1. The van der Waals surface area contributed by atoms with Crippen LogP contribution in [0, 0.1) is 0 Å². The average molecular weight is 382 g/mol. The Morgan fingerprint density at radius 2 is 1.80 bits per heavy atom. The third-order valence-corrected chi connectivity index (χ3v) is 4.19. The van der Waals surface area contributed by atoms with E-state index in [1.807, 2.05) is 24.3 Å². The van der Waals surface area contributed by atoms with Crippen LogP contribution in [0.4, 0.5) is 5.69 Å². The largest absolute Gasteiger partial charge is 0.497 e. The Balaban J connectivity index is 1.75. The Kier molecular flexibility index (Phi) is 7.10. The maximum Gasteiger partial charge on any atom is 0.306 e. The van der Waals surface area contributed by atoms with Crippen molar-refractivity contribution in [2.75, 3.05) is 19.0 Å². The van der Waals surface area contributed by atoms with Crippen molar-refractivity contribution in [2.45, 2.75) is 12.8 Å². The number of benzene rings is 2. The van der Waals surface area contributed by atoms with Gasteiger partial charge in [0.05, 0.1) is 22.8 Å². The highest BCUT2D eigenvalue weighted by Gasteiger charge is 2.11. The van der Waals surface area contributed by atoms with Gasteiger partial charge < -0.3 is 14.8 Å². The zero-order chi connectivity index (χ0) is 18.2. The van der Waals surface area contributed by atoms with Crippen molar-refractivity contribution >= 4 is 40.8 Å². The first-order valence-corrected chi connectivity index (χ1v) is 8.27. The van der Waals surface area contributed by atoms with E-state index in [-0.39, 0.29) is 18.1 Å². The van der Waals surface area contributed by atoms with E-state index in [0.717, 1.165) is 11.3 Å². The highest BCUT2D eigenvalue weighted by atomic mass is 35.5. The molecule has 0 aliphatic rings. The van der Waals surface area contributed by atoms with E-state index in [0.29, 0.717) is 17.1 Å². The number of anilines is 1. The topological polar surface area (TPSA) is 64.6 Å². The molecule has 25 heavy (non-hydrogen) atoms. The number of nitrogens with one attached hydrogen (secondary N) is 1. The van der Waals surface area contributed by atoms with Crippen LogP contribution in [0.25, 0.3) is 0 Å². The summed E-state index contributed by atoms with van der Waals surface area (Å²) in [6.45, 7) is -0.385. The summed E-state index contributed by atoms with van der Waals surface area (Å²) >= 11 is 11.8. The molecule has 0 unspecified atom stereocenters. The van der Waals surface area contributed by atoms with Crippen LogP contribution in [0.15, 0.2) is 42.5 Å². The zero-order valence-corrected chi connectivity index (χ0v) is 15.1. The summed E-state index contributed by atoms with van der Waals surface area (Å²) in [4.78, 5) is 23.6. The lowest BCUT2D eigenvalue weighted by atomic mass is 10.1. The lowest BCUT2D eigenvalue weighted by molar-refractivity contribution is -0.147. The molecule has 2 aromatic carbocycles. The molecule has 0 saturated heterocycles. The first kappa shape index (κ1) is 19.1. The van der Waals surface area contributed by atoms with Gasteiger partial charge in [0.25, 0.3) is 5.91 Å². The van der Waals surface area contributed by atoms with Crippen molar-refractivity contribution in [1.82, 2.24) is 0 Å². The molecule has 2 aromatic rings. The SMILES string of the molecule is COc1ccc(CCC(=O)OCC(=O)Nc2cccc(Cl)c2Cl)cc1. The Morgan fingerprint density at radius 1 is 1.08 bits per heavy atom. The predicted octanol–water partition coefficient (Wildman–Crippen LogP) is 4.12. The van der Waals surface area contributed by atoms with Gasteiger partial charge in [-0.15, -0.1) is 0 Å². The van der Waals surface area contributed by atoms with Gasteiger partial charge in [-0.3, -0.25) is 9.59 Å². The van der Waals surface area contributed by atoms with Gasteiger partial charge in [-0.05, 0) is 36.2 Å². The number of esters is 1. The number of halogens is 2. The second-order valence-corrected chi connectivity index (χ2v) is 5.94. The van der Waals surface area contributed by atoms with Gasteiger partial charge in [0, 0.05) is 6.42 Å². The van der Waals surface area contributed by atoms with Gasteiger partial charge in [0.2, 0.25) is 0 Å². The molecule has 0 bridgehead atoms. The van der Waals surface area contributed by atoms with Crippen molar-refractivity contribution < 1.29 is 19.1 Å². The number of hydrogen-bond acceptors (Lipinski definition) is 4. The first-order valence-electron chi connectivity index (χ1n) is 7.52. The number of carbonyl (C=O) groups excluding carboxylic acids is 2. The summed E-state index contributed by atoms with van der Waals surface area (Å²) in [5.41, 5.74) is 1.35. The molecule has 0 aromatic heterocycles. The molecule has 5 nitrogen and oxygen atoms in total. The van der Waals surface area contributed by atoms with Crippen LogP contribution < -0.4 is 10.1 Å². The molecule has 0 spiro atoms.